The van der Waals surface area contributed by atoms with Gasteiger partial charge in [0.25, 0.3) is 0 Å². The second-order valence-electron chi connectivity index (χ2n) is 10.5. The number of ether oxygens (including phenoxy) is 1. The first kappa shape index (κ1) is 21.4. The highest BCUT2D eigenvalue weighted by molar-refractivity contribution is 6.02. The minimum Gasteiger partial charge on any atom is -0.504 e. The number of carbonyl (C=O) groups excluding carboxylic acids is 1. The Morgan fingerprint density at radius 1 is 1.18 bits per heavy atom. The highest BCUT2D eigenvalue weighted by atomic mass is 16.5. The van der Waals surface area contributed by atoms with Crippen LogP contribution in [0.25, 0.3) is 6.08 Å². The first-order chi connectivity index (χ1) is 16.4. The van der Waals surface area contributed by atoms with Gasteiger partial charge in [0.15, 0.2) is 17.3 Å². The fourth-order valence-electron chi connectivity index (χ4n) is 7.88. The van der Waals surface area contributed by atoms with Gasteiger partial charge < -0.3 is 14.7 Å². The van der Waals surface area contributed by atoms with E-state index in [1.165, 1.54) is 0 Å². The second-order valence-corrected chi connectivity index (χ2v) is 10.5. The summed E-state index contributed by atoms with van der Waals surface area (Å²) in [7, 11) is 3.80. The van der Waals surface area contributed by atoms with Crippen molar-refractivity contribution in [3.8, 4) is 11.5 Å². The predicted molar refractivity (Wildman–Crippen MR) is 134 cm³/mol. The van der Waals surface area contributed by atoms with Crippen molar-refractivity contribution < 1.29 is 14.6 Å². The summed E-state index contributed by atoms with van der Waals surface area (Å²) in [6.45, 7) is 3.02. The lowest BCUT2D eigenvalue weighted by Crippen LogP contribution is -2.69. The molecule has 3 aliphatic carbocycles. The number of hydrogen-bond donors (Lipinski definition) is 1. The Kier molecular flexibility index (Phi) is 4.53. The number of fused-ring (bicyclic) bond motifs is 1. The number of hydrogen-bond acceptors (Lipinski definition) is 4. The molecule has 2 aromatic rings. The molecule has 4 atom stereocenters. The minimum absolute atomic E-state index is 0.137. The molecule has 4 nitrogen and oxygen atoms in total. The highest BCUT2D eigenvalue weighted by Crippen LogP contribution is 2.76. The maximum absolute atomic E-state index is 13.8. The van der Waals surface area contributed by atoms with Gasteiger partial charge in [-0.3, -0.25) is 4.79 Å². The number of phenols is 1. The number of carbonyl (C=O) groups is 1. The van der Waals surface area contributed by atoms with Crippen LogP contribution in [-0.4, -0.2) is 42.5 Å². The molecular formula is C30H31NO3. The smallest absolute Gasteiger partial charge is 0.166 e. The number of benzene rings is 2. The third-order valence-corrected chi connectivity index (χ3v) is 9.44. The van der Waals surface area contributed by atoms with Crippen molar-refractivity contribution in [3.05, 3.63) is 89.0 Å². The number of likely N-dealkylation sites (tertiary alicyclic amines) is 1. The van der Waals surface area contributed by atoms with Gasteiger partial charge in [-0.15, -0.1) is 0 Å². The van der Waals surface area contributed by atoms with Crippen LogP contribution < -0.4 is 4.74 Å². The summed E-state index contributed by atoms with van der Waals surface area (Å²) in [6, 6.07) is 14.5. The van der Waals surface area contributed by atoms with E-state index in [1.54, 1.807) is 7.11 Å². The molecule has 174 valence electrons. The van der Waals surface area contributed by atoms with Gasteiger partial charge in [0.1, 0.15) is 0 Å². The molecule has 2 aromatic carbocycles. The summed E-state index contributed by atoms with van der Waals surface area (Å²) in [5.74, 6) is 0.835. The molecule has 1 saturated heterocycles. The van der Waals surface area contributed by atoms with E-state index in [9.17, 15) is 9.90 Å². The first-order valence-corrected chi connectivity index (χ1v) is 12.1. The zero-order valence-corrected chi connectivity index (χ0v) is 20.0. The summed E-state index contributed by atoms with van der Waals surface area (Å²) >= 11 is 0. The Labute approximate surface area is 201 Å². The molecule has 34 heavy (non-hydrogen) atoms. The Morgan fingerprint density at radius 3 is 2.74 bits per heavy atom. The number of likely N-dealkylation sites (N-methyl/N-ethyl adjacent to an activating group) is 1. The molecule has 1 heterocycles. The number of rotatable bonds is 3. The largest absolute Gasteiger partial charge is 0.504 e. The van der Waals surface area contributed by atoms with Crippen LogP contribution >= 0.6 is 0 Å². The summed E-state index contributed by atoms with van der Waals surface area (Å²) in [5.41, 5.74) is 2.90. The summed E-state index contributed by atoms with van der Waals surface area (Å²) in [5, 5.41) is 11.5. The number of nitrogens with zero attached hydrogens (tertiary/aromatic N) is 1. The fraction of sp³-hybridized carbons (Fsp3) is 0.367. The second kappa shape index (κ2) is 7.19. The predicted octanol–water partition coefficient (Wildman–Crippen LogP) is 5.07. The fourth-order valence-corrected chi connectivity index (χ4v) is 7.88. The van der Waals surface area contributed by atoms with Crippen LogP contribution in [0.4, 0.5) is 0 Å². The van der Waals surface area contributed by atoms with Crippen molar-refractivity contribution in [1.29, 1.82) is 0 Å². The molecule has 0 radical (unpaired) electrons. The molecule has 0 aromatic heterocycles. The Balaban J connectivity index is 1.61. The molecule has 0 unspecified atom stereocenters. The number of ketones is 1. The number of methoxy groups -OCH3 is 1. The van der Waals surface area contributed by atoms with Crippen LogP contribution in [0.5, 0.6) is 11.5 Å². The summed E-state index contributed by atoms with van der Waals surface area (Å²) in [6.07, 6.45) is 12.9. The summed E-state index contributed by atoms with van der Waals surface area (Å²) in [4.78, 5) is 16.3. The van der Waals surface area contributed by atoms with Gasteiger partial charge in [-0.25, -0.2) is 0 Å². The SMILES string of the molecule is COc1ccc2c(c1O)[C@@]13CCN(C)[C@H](C2)[C@]12C=CC(=O)[C@@]3(C)/C(=C/C=C/c1ccccc1)C2. The zero-order chi connectivity index (χ0) is 23.7. The van der Waals surface area contributed by atoms with E-state index < -0.39 is 10.8 Å². The molecule has 4 heteroatoms. The lowest BCUT2D eigenvalue weighted by Gasteiger charge is -2.64. The van der Waals surface area contributed by atoms with Crippen LogP contribution in [0.15, 0.2) is 72.3 Å². The number of aromatic hydroxyl groups is 1. The van der Waals surface area contributed by atoms with Crippen LogP contribution in [0.3, 0.4) is 0 Å². The molecule has 4 aliphatic rings. The van der Waals surface area contributed by atoms with Gasteiger partial charge >= 0.3 is 0 Å². The lowest BCUT2D eigenvalue weighted by molar-refractivity contribution is -0.132. The first-order valence-electron chi connectivity index (χ1n) is 12.1. The Bertz CT molecular complexity index is 1280. The van der Waals surface area contributed by atoms with Crippen molar-refractivity contribution in [3.63, 3.8) is 0 Å². The average molecular weight is 454 g/mol. The van der Waals surface area contributed by atoms with E-state index in [0.717, 1.165) is 48.1 Å². The molecular weight excluding hydrogens is 422 g/mol. The van der Waals surface area contributed by atoms with Gasteiger partial charge in [-0.1, -0.05) is 66.3 Å². The topological polar surface area (TPSA) is 49.8 Å². The minimum atomic E-state index is -0.721. The highest BCUT2D eigenvalue weighted by Gasteiger charge is 2.77. The van der Waals surface area contributed by atoms with Gasteiger partial charge in [0.05, 0.1) is 12.5 Å². The summed E-state index contributed by atoms with van der Waals surface area (Å²) < 4.78 is 5.55. The van der Waals surface area contributed by atoms with Crippen LogP contribution in [0.1, 0.15) is 36.5 Å². The van der Waals surface area contributed by atoms with Crippen LogP contribution in [-0.2, 0) is 16.6 Å². The zero-order valence-electron chi connectivity index (χ0n) is 20.0. The van der Waals surface area contributed by atoms with Crippen molar-refractivity contribution in [2.45, 2.75) is 37.6 Å². The molecule has 6 rings (SSSR count). The van der Waals surface area contributed by atoms with Gasteiger partial charge in [0, 0.05) is 22.4 Å². The van der Waals surface area contributed by atoms with Gasteiger partial charge in [-0.05, 0) is 63.0 Å². The lowest BCUT2D eigenvalue weighted by atomic mass is 9.42. The number of piperidine rings is 1. The standard InChI is InChI=1S/C30H31NO3/c1-28-22(11-7-10-20-8-5-4-6-9-20)19-29(15-14-25(28)32)24-18-21-12-13-23(34-3)27(33)26(21)30(28,29)16-17-31(24)2/h4-15,24,33H,16-19H2,1-3H3/b10-7+,22-11+/t24-,28-,29-,30-/m1/s1. The maximum Gasteiger partial charge on any atom is 0.166 e. The molecule has 1 aliphatic heterocycles. The van der Waals surface area contributed by atoms with E-state index in [-0.39, 0.29) is 23.0 Å². The molecule has 4 bridgehead atoms. The van der Waals surface area contributed by atoms with Crippen molar-refractivity contribution in [2.24, 2.45) is 10.8 Å². The number of phenolic OH excluding ortho intramolecular Hbond substituents is 1. The van der Waals surface area contributed by atoms with E-state index in [2.05, 4.69) is 61.4 Å². The third kappa shape index (κ3) is 2.39. The normalized spacial score (nSPS) is 35.0. The third-order valence-electron chi connectivity index (χ3n) is 9.44. The van der Waals surface area contributed by atoms with Crippen LogP contribution in [0.2, 0.25) is 0 Å². The van der Waals surface area contributed by atoms with E-state index in [1.807, 2.05) is 30.3 Å². The molecule has 1 saturated carbocycles. The Morgan fingerprint density at radius 2 is 1.97 bits per heavy atom. The van der Waals surface area contributed by atoms with Gasteiger partial charge in [0.2, 0.25) is 0 Å². The molecule has 2 fully saturated rings. The average Bonchev–Trinajstić information content (AvgIpc) is 3.01. The quantitative estimate of drug-likeness (QED) is 0.705. The van der Waals surface area contributed by atoms with Crippen LogP contribution in [0, 0.1) is 10.8 Å². The monoisotopic (exact) mass is 453 g/mol. The van der Waals surface area contributed by atoms with Crippen molar-refractivity contribution in [1.82, 2.24) is 4.90 Å². The van der Waals surface area contributed by atoms with E-state index in [0.29, 0.717) is 5.75 Å². The van der Waals surface area contributed by atoms with E-state index in [4.69, 9.17) is 4.74 Å². The Hall–Kier alpha value is -3.11. The van der Waals surface area contributed by atoms with E-state index >= 15 is 0 Å². The number of allylic oxidation sites excluding steroid dienone is 4. The molecule has 0 spiro atoms. The van der Waals surface area contributed by atoms with Crippen molar-refractivity contribution in [2.75, 3.05) is 20.7 Å². The molecule has 1 N–H and O–H groups in total. The van der Waals surface area contributed by atoms with Gasteiger partial charge in [-0.2, -0.15) is 0 Å². The van der Waals surface area contributed by atoms with Crippen molar-refractivity contribution >= 4 is 11.9 Å². The molecule has 0 amide bonds. The maximum atomic E-state index is 13.8.